The van der Waals surface area contributed by atoms with Crippen molar-refractivity contribution in [1.29, 1.82) is 0 Å². The zero-order chi connectivity index (χ0) is 24.5. The van der Waals surface area contributed by atoms with Gasteiger partial charge >= 0.3 is 11.9 Å². The molecule has 0 spiro atoms. The van der Waals surface area contributed by atoms with Gasteiger partial charge in [0.2, 0.25) is 0 Å². The second-order valence-corrected chi connectivity index (χ2v) is 7.53. The smallest absolute Gasteiger partial charge is 0.316 e. The van der Waals surface area contributed by atoms with Crippen LogP contribution in [0.1, 0.15) is 25.8 Å². The van der Waals surface area contributed by atoms with Crippen molar-refractivity contribution in [2.75, 3.05) is 33.8 Å². The van der Waals surface area contributed by atoms with E-state index in [0.717, 1.165) is 5.52 Å². The number of carbonyl (C=O) groups excluding carboxylic acids is 1. The average Bonchev–Trinajstić information content (AvgIpc) is 3.47. The molecule has 33 heavy (non-hydrogen) atoms. The highest BCUT2D eigenvalue weighted by Crippen LogP contribution is 2.26. The standard InChI is InChI=1S/C9H7F2N.C7H12N2O2.C6H10N2O2/c10-9(11)7-5-12-8-4-2-1-3-6(7)8;1-3-11-7(10)6-4-8-9(2)5-6;1-4-5(6(9)10)3-8(2)7-4/h1-5,9,12H;4,6H,3,5H2,1-2H3;5H,3H2,1-2H3,(H,9,10). The van der Waals surface area contributed by atoms with Crippen molar-refractivity contribution in [2.24, 2.45) is 22.0 Å². The summed E-state index contributed by atoms with van der Waals surface area (Å²) in [6, 6.07) is 7.03. The molecule has 2 unspecified atom stereocenters. The molecular formula is C22H29F2N5O4. The fraction of sp³-hybridized carbons (Fsp3) is 0.455. The molecule has 3 heterocycles. The topological polar surface area (TPSA) is 111 Å². The van der Waals surface area contributed by atoms with E-state index in [-0.39, 0.29) is 17.5 Å². The maximum Gasteiger partial charge on any atom is 0.316 e. The first kappa shape index (κ1) is 25.8. The van der Waals surface area contributed by atoms with Crippen LogP contribution in [0.25, 0.3) is 10.9 Å². The number of aromatic nitrogens is 1. The number of alkyl halides is 2. The maximum atomic E-state index is 12.3. The second kappa shape index (κ2) is 11.9. The number of halogens is 2. The number of nitrogens with one attached hydrogen (secondary N) is 1. The van der Waals surface area contributed by atoms with Crippen LogP contribution in [0.5, 0.6) is 0 Å². The molecule has 2 atom stereocenters. The number of carbonyl (C=O) groups is 2. The molecule has 0 saturated carbocycles. The van der Waals surface area contributed by atoms with Crippen LogP contribution in [-0.4, -0.2) is 77.8 Å². The predicted molar refractivity (Wildman–Crippen MR) is 121 cm³/mol. The van der Waals surface area contributed by atoms with Gasteiger partial charge < -0.3 is 14.8 Å². The fourth-order valence-corrected chi connectivity index (χ4v) is 3.27. The summed E-state index contributed by atoms with van der Waals surface area (Å²) in [4.78, 5) is 24.3. The van der Waals surface area contributed by atoms with Crippen molar-refractivity contribution in [2.45, 2.75) is 20.3 Å². The van der Waals surface area contributed by atoms with E-state index in [4.69, 9.17) is 9.84 Å². The molecule has 2 N–H and O–H groups in total. The summed E-state index contributed by atoms with van der Waals surface area (Å²) in [6.45, 7) is 5.11. The van der Waals surface area contributed by atoms with Gasteiger partial charge in [-0.2, -0.15) is 10.2 Å². The zero-order valence-electron chi connectivity index (χ0n) is 19.0. The van der Waals surface area contributed by atoms with Crippen molar-refractivity contribution in [3.05, 3.63) is 36.0 Å². The van der Waals surface area contributed by atoms with Gasteiger partial charge in [0.1, 0.15) is 11.8 Å². The summed E-state index contributed by atoms with van der Waals surface area (Å²) >= 11 is 0. The lowest BCUT2D eigenvalue weighted by Gasteiger charge is -2.08. The number of esters is 1. The van der Waals surface area contributed by atoms with Crippen LogP contribution in [0, 0.1) is 11.8 Å². The van der Waals surface area contributed by atoms with Crippen LogP contribution >= 0.6 is 0 Å². The van der Waals surface area contributed by atoms with Gasteiger partial charge in [0, 0.05) is 43.0 Å². The van der Waals surface area contributed by atoms with Gasteiger partial charge in [0.15, 0.2) is 0 Å². The summed E-state index contributed by atoms with van der Waals surface area (Å²) in [5.41, 5.74) is 1.52. The van der Waals surface area contributed by atoms with E-state index in [9.17, 15) is 18.4 Å². The number of hydrogen-bond donors (Lipinski definition) is 2. The number of benzene rings is 1. The van der Waals surface area contributed by atoms with E-state index in [2.05, 4.69) is 15.2 Å². The van der Waals surface area contributed by atoms with Crippen molar-refractivity contribution in [3.63, 3.8) is 0 Å². The first-order valence-electron chi connectivity index (χ1n) is 10.4. The minimum absolute atomic E-state index is 0.0746. The van der Waals surface area contributed by atoms with E-state index in [1.165, 1.54) is 6.20 Å². The quantitative estimate of drug-likeness (QED) is 0.671. The van der Waals surface area contributed by atoms with E-state index >= 15 is 0 Å². The van der Waals surface area contributed by atoms with E-state index in [1.807, 2.05) is 13.1 Å². The first-order chi connectivity index (χ1) is 15.6. The molecule has 0 radical (unpaired) electrons. The van der Waals surface area contributed by atoms with Crippen LogP contribution < -0.4 is 0 Å². The van der Waals surface area contributed by atoms with Gasteiger partial charge in [-0.1, -0.05) is 18.2 Å². The monoisotopic (exact) mass is 465 g/mol. The van der Waals surface area contributed by atoms with Crippen molar-refractivity contribution >= 4 is 34.8 Å². The number of aromatic amines is 1. The highest BCUT2D eigenvalue weighted by atomic mass is 19.3. The van der Waals surface area contributed by atoms with Gasteiger partial charge in [-0.05, 0) is 19.9 Å². The minimum Gasteiger partial charge on any atom is -0.481 e. The molecule has 0 fully saturated rings. The number of carboxylic acid groups (broad SMARTS) is 1. The van der Waals surface area contributed by atoms with Crippen molar-refractivity contribution in [3.8, 4) is 0 Å². The van der Waals surface area contributed by atoms with Crippen LogP contribution in [0.3, 0.4) is 0 Å². The average molecular weight is 466 g/mol. The molecule has 180 valence electrons. The fourth-order valence-electron chi connectivity index (χ4n) is 3.27. The Morgan fingerprint density at radius 2 is 1.94 bits per heavy atom. The molecule has 11 heteroatoms. The summed E-state index contributed by atoms with van der Waals surface area (Å²) in [5, 5.41) is 20.5. The number of aliphatic carboxylic acids is 1. The Morgan fingerprint density at radius 1 is 1.24 bits per heavy atom. The van der Waals surface area contributed by atoms with Gasteiger partial charge in [0.25, 0.3) is 6.43 Å². The molecule has 1 aromatic heterocycles. The van der Waals surface area contributed by atoms with Crippen LogP contribution in [0.15, 0.2) is 40.7 Å². The lowest BCUT2D eigenvalue weighted by atomic mass is 10.1. The molecule has 2 aliphatic rings. The number of carboxylic acids is 1. The lowest BCUT2D eigenvalue weighted by molar-refractivity contribution is -0.145. The van der Waals surface area contributed by atoms with Crippen LogP contribution in [0.4, 0.5) is 8.78 Å². The summed E-state index contributed by atoms with van der Waals surface area (Å²) < 4.78 is 29.4. The Bertz CT molecular complexity index is 1010. The van der Waals surface area contributed by atoms with Gasteiger partial charge in [-0.15, -0.1) is 0 Å². The molecule has 0 bridgehead atoms. The SMILES string of the molecule is CC1=NN(C)CC1C(=O)O.CCOC(=O)C1C=NN(C)C1.FC(F)c1c[nH]c2ccccc12. The molecule has 0 aliphatic carbocycles. The number of rotatable bonds is 4. The predicted octanol–water partition coefficient (Wildman–Crippen LogP) is 3.21. The third kappa shape index (κ3) is 7.26. The zero-order valence-corrected chi connectivity index (χ0v) is 19.0. The number of ether oxygens (including phenoxy) is 1. The minimum atomic E-state index is -2.40. The number of hydrogen-bond acceptors (Lipinski definition) is 7. The Hall–Kier alpha value is -3.50. The van der Waals surface area contributed by atoms with Crippen LogP contribution in [-0.2, 0) is 14.3 Å². The Labute approximate surface area is 190 Å². The third-order valence-corrected chi connectivity index (χ3v) is 4.93. The third-order valence-electron chi connectivity index (χ3n) is 4.93. The van der Waals surface area contributed by atoms with E-state index < -0.39 is 18.3 Å². The molecule has 0 saturated heterocycles. The summed E-state index contributed by atoms with van der Waals surface area (Å²) in [5.74, 6) is -1.53. The molecule has 4 rings (SSSR count). The Kier molecular flexibility index (Phi) is 9.31. The molecule has 2 aromatic rings. The highest BCUT2D eigenvalue weighted by Gasteiger charge is 2.27. The van der Waals surface area contributed by atoms with E-state index in [0.29, 0.717) is 30.8 Å². The number of nitrogens with zero attached hydrogens (tertiary/aromatic N) is 4. The molecule has 1 aromatic carbocycles. The first-order valence-corrected chi connectivity index (χ1v) is 10.4. The Morgan fingerprint density at radius 3 is 2.42 bits per heavy atom. The molecule has 2 aliphatic heterocycles. The van der Waals surface area contributed by atoms with Gasteiger partial charge in [-0.3, -0.25) is 19.6 Å². The molecular weight excluding hydrogens is 436 g/mol. The number of para-hydroxylation sites is 1. The van der Waals surface area contributed by atoms with Crippen molar-refractivity contribution in [1.82, 2.24) is 15.0 Å². The summed E-state index contributed by atoms with van der Waals surface area (Å²) in [7, 11) is 3.60. The maximum absolute atomic E-state index is 12.3. The van der Waals surface area contributed by atoms with Gasteiger partial charge in [0.05, 0.1) is 25.4 Å². The number of H-pyrrole nitrogens is 1. The molecule has 0 amide bonds. The second-order valence-electron chi connectivity index (χ2n) is 7.53. The highest BCUT2D eigenvalue weighted by molar-refractivity contribution is 6.01. The number of hydrazone groups is 2. The van der Waals surface area contributed by atoms with Crippen LogP contribution in [0.2, 0.25) is 0 Å². The molecule has 9 nitrogen and oxygen atoms in total. The summed E-state index contributed by atoms with van der Waals surface area (Å²) in [6.07, 6.45) is 0.578. The normalized spacial score (nSPS) is 19.1. The largest absolute Gasteiger partial charge is 0.481 e. The van der Waals surface area contributed by atoms with Gasteiger partial charge in [-0.25, -0.2) is 8.78 Å². The Balaban J connectivity index is 0.000000176. The number of fused-ring (bicyclic) bond motifs is 1. The lowest BCUT2D eigenvalue weighted by Crippen LogP contribution is -2.24. The van der Waals surface area contributed by atoms with E-state index in [1.54, 1.807) is 55.3 Å². The van der Waals surface area contributed by atoms with Crippen molar-refractivity contribution < 1.29 is 28.2 Å².